The van der Waals surface area contributed by atoms with Gasteiger partial charge in [0.05, 0.1) is 35.5 Å². The molecule has 2 aromatic carbocycles. The molecule has 42 heavy (non-hydrogen) atoms. The summed E-state index contributed by atoms with van der Waals surface area (Å²) in [5.41, 5.74) is 1.71. The third-order valence-corrected chi connectivity index (χ3v) is 6.89. The van der Waals surface area contributed by atoms with Crippen molar-refractivity contribution >= 4 is 34.4 Å². The maximum absolute atomic E-state index is 13.2. The van der Waals surface area contributed by atoms with Crippen LogP contribution in [0.2, 0.25) is 5.02 Å². The number of carbonyl (C=O) groups is 2. The Morgan fingerprint density at radius 2 is 1.86 bits per heavy atom. The third-order valence-electron chi connectivity index (χ3n) is 6.58. The van der Waals surface area contributed by atoms with Crippen molar-refractivity contribution in [2.24, 2.45) is 5.92 Å². The molecule has 2 aromatic heterocycles. The normalized spacial score (nSPS) is 12.5. The molecule has 0 aliphatic rings. The van der Waals surface area contributed by atoms with E-state index in [0.717, 1.165) is 17.7 Å². The second kappa shape index (κ2) is 12.8. The lowest BCUT2D eigenvalue weighted by Crippen LogP contribution is -2.27. The lowest BCUT2D eigenvalue weighted by Gasteiger charge is -2.20. The molecule has 0 fully saturated rings. The molecule has 0 spiro atoms. The zero-order chi connectivity index (χ0) is 30.6. The van der Waals surface area contributed by atoms with Crippen LogP contribution in [0.4, 0.5) is 13.2 Å². The van der Waals surface area contributed by atoms with Gasteiger partial charge in [-0.15, -0.1) is 0 Å². The number of carbonyl (C=O) groups excluding carboxylic acids is 1. The third kappa shape index (κ3) is 7.02. The summed E-state index contributed by atoms with van der Waals surface area (Å²) in [7, 11) is 0. The Hall–Kier alpha value is -4.12. The maximum atomic E-state index is 13.2. The van der Waals surface area contributed by atoms with Crippen molar-refractivity contribution in [3.63, 3.8) is 0 Å². The Morgan fingerprint density at radius 3 is 2.45 bits per heavy atom. The molecule has 0 aliphatic carbocycles. The van der Waals surface area contributed by atoms with Crippen LogP contribution in [-0.2, 0) is 11.0 Å². The second-order valence-electron chi connectivity index (χ2n) is 10.1. The minimum atomic E-state index is -4.52. The summed E-state index contributed by atoms with van der Waals surface area (Å²) < 4.78 is 47.5. The first-order valence-corrected chi connectivity index (χ1v) is 13.7. The van der Waals surface area contributed by atoms with Gasteiger partial charge in [-0.1, -0.05) is 37.6 Å². The molecule has 1 amide bonds. The van der Waals surface area contributed by atoms with Crippen molar-refractivity contribution in [1.29, 1.82) is 0 Å². The molecular weight excluding hydrogens is 573 g/mol. The summed E-state index contributed by atoms with van der Waals surface area (Å²) in [6, 6.07) is 9.86. The van der Waals surface area contributed by atoms with Gasteiger partial charge < -0.3 is 15.2 Å². The summed E-state index contributed by atoms with van der Waals surface area (Å²) >= 11 is 6.33. The molecule has 12 heteroatoms. The number of nitrogens with one attached hydrogen (secondary N) is 1. The molecule has 0 radical (unpaired) electrons. The molecule has 4 aromatic rings. The molecule has 4 rings (SSSR count). The second-order valence-corrected chi connectivity index (χ2v) is 10.5. The number of aliphatic carboxylic acids is 1. The zero-order valence-corrected chi connectivity index (χ0v) is 24.0. The minimum Gasteiger partial charge on any atom is -0.492 e. The lowest BCUT2D eigenvalue weighted by molar-refractivity contribution is -0.138. The summed E-state index contributed by atoms with van der Waals surface area (Å²) in [6.07, 6.45) is -0.576. The fourth-order valence-corrected chi connectivity index (χ4v) is 4.90. The monoisotopic (exact) mass is 602 g/mol. The van der Waals surface area contributed by atoms with Crippen LogP contribution in [0.5, 0.6) is 5.75 Å². The van der Waals surface area contributed by atoms with Crippen molar-refractivity contribution in [3.05, 3.63) is 76.7 Å². The molecule has 1 atom stereocenters. The SMILES string of the molecule is CCOc1c(-c2ccc(C(F)(F)F)cc2Cl)ccc2nn(C(CC(C)C)c3ccc(C(=O)NCCC(=O)O)nc3)cc12. The van der Waals surface area contributed by atoms with Gasteiger partial charge in [-0.2, -0.15) is 18.3 Å². The standard InChI is InChI=1S/C30H30ClF3N4O4/c1-4-42-28-21(20-7-6-19(14-23(20)31)30(32,33)34)8-10-24-22(28)16-38(37-24)26(13-17(2)3)18-5-9-25(36-15-18)29(41)35-12-11-27(39)40/h5-10,14-17,26H,4,11-13H2,1-3H3,(H,35,41)(H,39,40). The van der Waals surface area contributed by atoms with Crippen LogP contribution in [0.3, 0.4) is 0 Å². The van der Waals surface area contributed by atoms with Crippen LogP contribution in [0.1, 0.15) is 61.3 Å². The number of ether oxygens (including phenoxy) is 1. The Bertz CT molecular complexity index is 1590. The van der Waals surface area contributed by atoms with Crippen LogP contribution in [0.15, 0.2) is 54.9 Å². The number of rotatable bonds is 11. The van der Waals surface area contributed by atoms with Gasteiger partial charge in [0.15, 0.2) is 0 Å². The number of amides is 1. The largest absolute Gasteiger partial charge is 0.492 e. The molecule has 2 N–H and O–H groups in total. The number of nitrogens with zero attached hydrogens (tertiary/aromatic N) is 3. The Balaban J connectivity index is 1.72. The van der Waals surface area contributed by atoms with Crippen molar-refractivity contribution in [3.8, 4) is 16.9 Å². The molecule has 0 bridgehead atoms. The highest BCUT2D eigenvalue weighted by atomic mass is 35.5. The molecule has 222 valence electrons. The Kier molecular flexibility index (Phi) is 9.40. The average molecular weight is 603 g/mol. The van der Waals surface area contributed by atoms with Gasteiger partial charge in [-0.05, 0) is 55.2 Å². The number of hydrogen-bond donors (Lipinski definition) is 2. The highest BCUT2D eigenvalue weighted by Gasteiger charge is 2.31. The molecule has 2 heterocycles. The van der Waals surface area contributed by atoms with E-state index in [9.17, 15) is 22.8 Å². The first kappa shape index (κ1) is 30.8. The highest BCUT2D eigenvalue weighted by molar-refractivity contribution is 6.33. The van der Waals surface area contributed by atoms with E-state index < -0.39 is 23.6 Å². The minimum absolute atomic E-state index is 0.00468. The Morgan fingerprint density at radius 1 is 1.12 bits per heavy atom. The molecule has 0 saturated heterocycles. The van der Waals surface area contributed by atoms with E-state index in [1.165, 1.54) is 6.07 Å². The number of alkyl halides is 3. The van der Waals surface area contributed by atoms with Gasteiger partial charge in [0.1, 0.15) is 11.4 Å². The van der Waals surface area contributed by atoms with Gasteiger partial charge in [0.25, 0.3) is 5.91 Å². The van der Waals surface area contributed by atoms with E-state index in [4.69, 9.17) is 26.5 Å². The number of pyridine rings is 1. The zero-order valence-electron chi connectivity index (χ0n) is 23.2. The van der Waals surface area contributed by atoms with Crippen molar-refractivity contribution < 1.29 is 32.6 Å². The first-order chi connectivity index (χ1) is 19.9. The van der Waals surface area contributed by atoms with E-state index in [1.54, 1.807) is 35.1 Å². The summed E-state index contributed by atoms with van der Waals surface area (Å²) in [5.74, 6) is -0.750. The smallest absolute Gasteiger partial charge is 0.416 e. The van der Waals surface area contributed by atoms with Crippen LogP contribution >= 0.6 is 11.6 Å². The molecule has 8 nitrogen and oxygen atoms in total. The van der Waals surface area contributed by atoms with Crippen molar-refractivity contribution in [2.75, 3.05) is 13.2 Å². The van der Waals surface area contributed by atoms with Crippen LogP contribution in [0, 0.1) is 5.92 Å². The summed E-state index contributed by atoms with van der Waals surface area (Å²) in [4.78, 5) is 27.4. The number of carboxylic acids is 1. The number of hydrogen-bond acceptors (Lipinski definition) is 5. The van der Waals surface area contributed by atoms with E-state index in [1.807, 2.05) is 13.1 Å². The number of aromatic nitrogens is 3. The van der Waals surface area contributed by atoms with E-state index >= 15 is 0 Å². The van der Waals surface area contributed by atoms with Gasteiger partial charge in [-0.3, -0.25) is 19.3 Å². The highest BCUT2D eigenvalue weighted by Crippen LogP contribution is 2.42. The number of carboxylic acid groups (broad SMARTS) is 1. The predicted octanol–water partition coefficient (Wildman–Crippen LogP) is 7.01. The van der Waals surface area contributed by atoms with Crippen molar-refractivity contribution in [1.82, 2.24) is 20.1 Å². The molecular formula is C30H30ClF3N4O4. The average Bonchev–Trinajstić information content (AvgIpc) is 3.36. The summed E-state index contributed by atoms with van der Waals surface area (Å²) in [5, 5.41) is 16.7. The first-order valence-electron chi connectivity index (χ1n) is 13.4. The topological polar surface area (TPSA) is 106 Å². The quantitative estimate of drug-likeness (QED) is 0.191. The van der Waals surface area contributed by atoms with Crippen LogP contribution in [0.25, 0.3) is 22.0 Å². The van der Waals surface area contributed by atoms with E-state index in [-0.39, 0.29) is 35.6 Å². The lowest BCUT2D eigenvalue weighted by atomic mass is 9.98. The van der Waals surface area contributed by atoms with Gasteiger partial charge in [-0.25, -0.2) is 0 Å². The van der Waals surface area contributed by atoms with Gasteiger partial charge in [0.2, 0.25) is 0 Å². The fraction of sp³-hybridized carbons (Fsp3) is 0.333. The maximum Gasteiger partial charge on any atom is 0.416 e. The van der Waals surface area contributed by atoms with Crippen molar-refractivity contribution in [2.45, 2.75) is 45.8 Å². The van der Waals surface area contributed by atoms with Gasteiger partial charge in [0, 0.05) is 35.1 Å². The van der Waals surface area contributed by atoms with Gasteiger partial charge >= 0.3 is 12.1 Å². The van der Waals surface area contributed by atoms with Crippen LogP contribution in [-0.4, -0.2) is 44.9 Å². The number of benzene rings is 2. The molecule has 0 aliphatic heterocycles. The predicted molar refractivity (Wildman–Crippen MR) is 153 cm³/mol. The Labute approximate surface area is 245 Å². The van der Waals surface area contributed by atoms with Crippen LogP contribution < -0.4 is 10.1 Å². The van der Waals surface area contributed by atoms with E-state index in [2.05, 4.69) is 24.1 Å². The van der Waals surface area contributed by atoms with E-state index in [0.29, 0.717) is 40.8 Å². The molecule has 1 unspecified atom stereocenters. The molecule has 0 saturated carbocycles. The summed E-state index contributed by atoms with van der Waals surface area (Å²) in [6.45, 7) is 6.27. The number of fused-ring (bicyclic) bond motifs is 1. The fourth-order valence-electron chi connectivity index (χ4n) is 4.62. The number of halogens is 4.